The Bertz CT molecular complexity index is 500. The van der Waals surface area contributed by atoms with Crippen LogP contribution in [0.15, 0.2) is 0 Å². The number of amides is 1. The molecule has 1 amide bonds. The van der Waals surface area contributed by atoms with Crippen LogP contribution in [0.4, 0.5) is 0 Å². The van der Waals surface area contributed by atoms with E-state index in [0.29, 0.717) is 24.4 Å². The Morgan fingerprint density at radius 2 is 2.00 bits per heavy atom. The predicted molar refractivity (Wildman–Crippen MR) is 78.9 cm³/mol. The molecule has 1 aliphatic carbocycles. The van der Waals surface area contributed by atoms with Crippen molar-refractivity contribution in [3.05, 3.63) is 15.6 Å². The van der Waals surface area contributed by atoms with Gasteiger partial charge in [-0.15, -0.1) is 11.3 Å². The highest BCUT2D eigenvalue weighted by Gasteiger charge is 2.42. The summed E-state index contributed by atoms with van der Waals surface area (Å²) in [4.78, 5) is 20.0. The van der Waals surface area contributed by atoms with Gasteiger partial charge in [-0.05, 0) is 38.5 Å². The molecule has 2 heterocycles. The molecular formula is C15H22N2O2S. The van der Waals surface area contributed by atoms with Gasteiger partial charge in [-0.1, -0.05) is 0 Å². The van der Waals surface area contributed by atoms with Crippen molar-refractivity contribution < 1.29 is 9.53 Å². The number of carbonyl (C=O) groups is 1. The van der Waals surface area contributed by atoms with E-state index in [9.17, 15) is 4.79 Å². The number of hydrogen-bond acceptors (Lipinski definition) is 4. The van der Waals surface area contributed by atoms with Crippen molar-refractivity contribution in [3.8, 4) is 0 Å². The number of hydrogen-bond donors (Lipinski definition) is 0. The highest BCUT2D eigenvalue weighted by atomic mass is 32.1. The number of nitrogens with zero attached hydrogens (tertiary/aromatic N) is 2. The van der Waals surface area contributed by atoms with Crippen molar-refractivity contribution >= 4 is 17.2 Å². The summed E-state index contributed by atoms with van der Waals surface area (Å²) in [6.45, 7) is 5.82. The summed E-state index contributed by atoms with van der Waals surface area (Å²) in [6.07, 6.45) is 3.16. The van der Waals surface area contributed by atoms with E-state index in [1.807, 2.05) is 13.8 Å². The minimum absolute atomic E-state index is 0.264. The van der Waals surface area contributed by atoms with E-state index in [-0.39, 0.29) is 5.91 Å². The first-order valence-electron chi connectivity index (χ1n) is 7.30. The normalized spacial score (nSPS) is 28.9. The molecule has 1 aromatic heterocycles. The van der Waals surface area contributed by atoms with Crippen LogP contribution in [0.25, 0.3) is 0 Å². The lowest BCUT2D eigenvalue weighted by molar-refractivity contribution is -0.129. The molecular weight excluding hydrogens is 272 g/mol. The van der Waals surface area contributed by atoms with E-state index in [4.69, 9.17) is 4.74 Å². The number of likely N-dealkylation sites (tertiary alicyclic amines) is 1. The van der Waals surface area contributed by atoms with Crippen LogP contribution in [0.3, 0.4) is 0 Å². The topological polar surface area (TPSA) is 42.4 Å². The summed E-state index contributed by atoms with van der Waals surface area (Å²) < 4.78 is 5.45. The van der Waals surface area contributed by atoms with Gasteiger partial charge in [-0.25, -0.2) is 4.98 Å². The average Bonchev–Trinajstić information content (AvgIpc) is 3.02. The molecule has 5 heteroatoms. The summed E-state index contributed by atoms with van der Waals surface area (Å²) in [5.74, 6) is 1.56. The molecule has 0 aromatic carbocycles. The van der Waals surface area contributed by atoms with Crippen molar-refractivity contribution in [2.75, 3.05) is 20.2 Å². The van der Waals surface area contributed by atoms with E-state index in [0.717, 1.165) is 41.5 Å². The molecule has 1 saturated heterocycles. The van der Waals surface area contributed by atoms with Crippen LogP contribution in [0.1, 0.15) is 28.4 Å². The summed E-state index contributed by atoms with van der Waals surface area (Å²) in [6, 6.07) is 0. The van der Waals surface area contributed by atoms with Gasteiger partial charge in [0.2, 0.25) is 5.91 Å². The summed E-state index contributed by atoms with van der Waals surface area (Å²) in [5.41, 5.74) is 1.01. The van der Waals surface area contributed by atoms with Crippen molar-refractivity contribution in [1.29, 1.82) is 0 Å². The van der Waals surface area contributed by atoms with Crippen LogP contribution in [0.2, 0.25) is 0 Å². The molecule has 1 saturated carbocycles. The van der Waals surface area contributed by atoms with Crippen molar-refractivity contribution in [2.24, 2.45) is 11.8 Å². The molecule has 0 spiro atoms. The average molecular weight is 294 g/mol. The van der Waals surface area contributed by atoms with E-state index in [1.165, 1.54) is 0 Å². The largest absolute Gasteiger partial charge is 0.381 e. The monoisotopic (exact) mass is 294 g/mol. The molecule has 3 atom stereocenters. The summed E-state index contributed by atoms with van der Waals surface area (Å²) in [5, 5.41) is 1.05. The lowest BCUT2D eigenvalue weighted by Gasteiger charge is -2.18. The first-order chi connectivity index (χ1) is 9.56. The maximum Gasteiger partial charge on any atom is 0.227 e. The van der Waals surface area contributed by atoms with Gasteiger partial charge in [0.15, 0.2) is 0 Å². The van der Waals surface area contributed by atoms with Gasteiger partial charge < -0.3 is 9.64 Å². The van der Waals surface area contributed by atoms with Crippen LogP contribution >= 0.6 is 11.3 Å². The van der Waals surface area contributed by atoms with Gasteiger partial charge in [0.1, 0.15) is 0 Å². The molecule has 1 aliphatic heterocycles. The number of aromatic nitrogens is 1. The van der Waals surface area contributed by atoms with Crippen LogP contribution in [-0.4, -0.2) is 42.1 Å². The molecule has 3 rings (SSSR count). The van der Waals surface area contributed by atoms with Gasteiger partial charge in [0.25, 0.3) is 0 Å². The number of ether oxygens (including phenoxy) is 1. The summed E-state index contributed by atoms with van der Waals surface area (Å²) >= 11 is 1.65. The van der Waals surface area contributed by atoms with E-state index in [2.05, 4.69) is 9.88 Å². The first-order valence-corrected chi connectivity index (χ1v) is 8.12. The van der Waals surface area contributed by atoms with E-state index >= 15 is 0 Å². The second-order valence-corrected chi connectivity index (χ2v) is 7.35. The van der Waals surface area contributed by atoms with Gasteiger partial charge in [0.05, 0.1) is 23.2 Å². The third-order valence-electron chi connectivity index (χ3n) is 4.71. The fourth-order valence-corrected chi connectivity index (χ4v) is 4.56. The zero-order valence-electron chi connectivity index (χ0n) is 12.4. The summed E-state index contributed by atoms with van der Waals surface area (Å²) in [7, 11) is 1.80. The van der Waals surface area contributed by atoms with Crippen LogP contribution in [0.5, 0.6) is 0 Å². The third kappa shape index (κ3) is 2.61. The number of rotatable bonds is 3. The lowest BCUT2D eigenvalue weighted by Crippen LogP contribution is -2.31. The van der Waals surface area contributed by atoms with Crippen LogP contribution in [-0.2, 0) is 16.0 Å². The van der Waals surface area contributed by atoms with Crippen LogP contribution < -0.4 is 0 Å². The molecule has 1 aromatic rings. The Morgan fingerprint density at radius 3 is 2.50 bits per heavy atom. The third-order valence-corrected chi connectivity index (χ3v) is 5.78. The molecule has 110 valence electrons. The zero-order chi connectivity index (χ0) is 14.3. The lowest BCUT2D eigenvalue weighted by atomic mass is 10.0. The molecule has 0 N–H and O–H groups in total. The SMILES string of the molecule is COC1C[C@@H]2CN(C(=O)Cc3sc(C)nc3C)C[C@@H]2C1. The van der Waals surface area contributed by atoms with Gasteiger partial charge in [-0.2, -0.15) is 0 Å². The Kier molecular flexibility index (Phi) is 3.82. The minimum atomic E-state index is 0.264. The first kappa shape index (κ1) is 14.0. The number of aryl methyl sites for hydroxylation is 2. The molecule has 20 heavy (non-hydrogen) atoms. The molecule has 2 fully saturated rings. The highest BCUT2D eigenvalue weighted by molar-refractivity contribution is 7.11. The molecule has 0 bridgehead atoms. The molecule has 4 nitrogen and oxygen atoms in total. The maximum absolute atomic E-state index is 12.4. The van der Waals surface area contributed by atoms with E-state index < -0.39 is 0 Å². The van der Waals surface area contributed by atoms with Gasteiger partial charge in [0, 0.05) is 25.1 Å². The molecule has 2 aliphatic rings. The van der Waals surface area contributed by atoms with Gasteiger partial charge >= 0.3 is 0 Å². The number of fused-ring (bicyclic) bond motifs is 1. The number of methoxy groups -OCH3 is 1. The Labute approximate surface area is 124 Å². The highest BCUT2D eigenvalue weighted by Crippen LogP contribution is 2.39. The second-order valence-electron chi connectivity index (χ2n) is 6.07. The molecule has 0 radical (unpaired) electrons. The molecule has 1 unspecified atom stereocenters. The van der Waals surface area contributed by atoms with Gasteiger partial charge in [-0.3, -0.25) is 4.79 Å². The Balaban J connectivity index is 1.59. The fraction of sp³-hybridized carbons (Fsp3) is 0.733. The zero-order valence-corrected chi connectivity index (χ0v) is 13.2. The Hall–Kier alpha value is -0.940. The Morgan fingerprint density at radius 1 is 1.35 bits per heavy atom. The smallest absolute Gasteiger partial charge is 0.227 e. The standard InChI is InChI=1S/C15H22N2O2S/c1-9-14(20-10(2)16-9)6-15(18)17-7-11-4-13(19-3)5-12(11)8-17/h11-13H,4-8H2,1-3H3/t11-,12+,13?. The number of thiazole rings is 1. The van der Waals surface area contributed by atoms with Crippen molar-refractivity contribution in [3.63, 3.8) is 0 Å². The van der Waals surface area contributed by atoms with Crippen molar-refractivity contribution in [2.45, 2.75) is 39.2 Å². The number of carbonyl (C=O) groups excluding carboxylic acids is 1. The van der Waals surface area contributed by atoms with Crippen molar-refractivity contribution in [1.82, 2.24) is 9.88 Å². The maximum atomic E-state index is 12.4. The van der Waals surface area contributed by atoms with Crippen LogP contribution in [0, 0.1) is 25.7 Å². The second kappa shape index (κ2) is 5.45. The fourth-order valence-electron chi connectivity index (χ4n) is 3.63. The quantitative estimate of drug-likeness (QED) is 0.858. The van der Waals surface area contributed by atoms with E-state index in [1.54, 1.807) is 18.4 Å². The predicted octanol–water partition coefficient (Wildman–Crippen LogP) is 2.19. The minimum Gasteiger partial charge on any atom is -0.381 e.